The average molecular weight is 287 g/mol. The SMILES string of the molecule is O=C(O)C1CCC(OCc2ccc(F)cc2Cl)CC1. The molecule has 5 heteroatoms. The highest BCUT2D eigenvalue weighted by Gasteiger charge is 2.26. The molecular weight excluding hydrogens is 271 g/mol. The van der Waals surface area contributed by atoms with Gasteiger partial charge in [-0.15, -0.1) is 0 Å². The molecule has 3 nitrogen and oxygen atoms in total. The van der Waals surface area contributed by atoms with Gasteiger partial charge in [-0.1, -0.05) is 17.7 Å². The summed E-state index contributed by atoms with van der Waals surface area (Å²) in [4.78, 5) is 10.8. The molecule has 1 aromatic carbocycles. The Morgan fingerprint density at radius 1 is 1.37 bits per heavy atom. The van der Waals surface area contributed by atoms with Gasteiger partial charge in [0.15, 0.2) is 0 Å². The molecule has 1 saturated carbocycles. The Labute approximate surface area is 116 Å². The van der Waals surface area contributed by atoms with Gasteiger partial charge in [-0.25, -0.2) is 4.39 Å². The molecule has 0 saturated heterocycles. The van der Waals surface area contributed by atoms with Crippen LogP contribution in [0.4, 0.5) is 4.39 Å². The van der Waals surface area contributed by atoms with Gasteiger partial charge >= 0.3 is 5.97 Å². The number of rotatable bonds is 4. The van der Waals surface area contributed by atoms with Crippen molar-refractivity contribution in [2.75, 3.05) is 0 Å². The number of ether oxygens (including phenoxy) is 1. The zero-order valence-corrected chi connectivity index (χ0v) is 11.2. The van der Waals surface area contributed by atoms with Gasteiger partial charge in [0, 0.05) is 5.02 Å². The molecule has 1 N–H and O–H groups in total. The summed E-state index contributed by atoms with van der Waals surface area (Å²) >= 11 is 5.91. The molecule has 0 bridgehead atoms. The molecule has 19 heavy (non-hydrogen) atoms. The summed E-state index contributed by atoms with van der Waals surface area (Å²) in [5.74, 6) is -1.33. The molecule has 1 aromatic rings. The first-order valence-electron chi connectivity index (χ1n) is 6.34. The third-order valence-corrected chi connectivity index (χ3v) is 3.86. The monoisotopic (exact) mass is 286 g/mol. The van der Waals surface area contributed by atoms with E-state index >= 15 is 0 Å². The number of halogens is 2. The van der Waals surface area contributed by atoms with Gasteiger partial charge in [-0.2, -0.15) is 0 Å². The highest BCUT2D eigenvalue weighted by atomic mass is 35.5. The smallest absolute Gasteiger partial charge is 0.306 e. The Hall–Kier alpha value is -1.13. The van der Waals surface area contributed by atoms with E-state index in [-0.39, 0.29) is 17.8 Å². The predicted octanol–water partition coefficient (Wildman–Crippen LogP) is 3.64. The van der Waals surface area contributed by atoms with Crippen molar-refractivity contribution in [3.63, 3.8) is 0 Å². The Morgan fingerprint density at radius 2 is 2.05 bits per heavy atom. The molecule has 1 fully saturated rings. The summed E-state index contributed by atoms with van der Waals surface area (Å²) < 4.78 is 18.6. The maximum absolute atomic E-state index is 12.9. The van der Waals surface area contributed by atoms with Crippen LogP contribution in [0.2, 0.25) is 5.02 Å². The summed E-state index contributed by atoms with van der Waals surface area (Å²) in [5, 5.41) is 9.26. The predicted molar refractivity (Wildman–Crippen MR) is 69.6 cm³/mol. The molecule has 0 aliphatic heterocycles. The second-order valence-corrected chi connectivity index (χ2v) is 5.27. The highest BCUT2D eigenvalue weighted by Crippen LogP contribution is 2.27. The second-order valence-electron chi connectivity index (χ2n) is 4.86. The molecule has 104 valence electrons. The first-order valence-corrected chi connectivity index (χ1v) is 6.72. The summed E-state index contributed by atoms with van der Waals surface area (Å²) in [6.07, 6.45) is 2.86. The zero-order chi connectivity index (χ0) is 13.8. The van der Waals surface area contributed by atoms with Crippen molar-refractivity contribution in [3.05, 3.63) is 34.6 Å². The second kappa shape index (κ2) is 6.35. The van der Waals surface area contributed by atoms with E-state index in [1.165, 1.54) is 12.1 Å². The molecule has 0 unspecified atom stereocenters. The van der Waals surface area contributed by atoms with E-state index in [4.69, 9.17) is 21.4 Å². The van der Waals surface area contributed by atoms with Crippen molar-refractivity contribution in [3.8, 4) is 0 Å². The number of carbonyl (C=O) groups is 1. The van der Waals surface area contributed by atoms with Crippen molar-refractivity contribution in [2.45, 2.75) is 38.4 Å². The van der Waals surface area contributed by atoms with Crippen LogP contribution in [0.3, 0.4) is 0 Å². The quantitative estimate of drug-likeness (QED) is 0.919. The van der Waals surface area contributed by atoms with Crippen molar-refractivity contribution in [1.82, 2.24) is 0 Å². The van der Waals surface area contributed by atoms with Crippen LogP contribution in [-0.2, 0) is 16.1 Å². The topological polar surface area (TPSA) is 46.5 Å². The fraction of sp³-hybridized carbons (Fsp3) is 0.500. The third kappa shape index (κ3) is 3.91. The largest absolute Gasteiger partial charge is 0.481 e. The average Bonchev–Trinajstić information content (AvgIpc) is 2.38. The van der Waals surface area contributed by atoms with E-state index in [0.717, 1.165) is 18.4 Å². The summed E-state index contributed by atoms with van der Waals surface area (Å²) in [5.41, 5.74) is 0.753. The molecule has 0 atom stereocenters. The molecular formula is C14H16ClFO3. The van der Waals surface area contributed by atoms with Crippen LogP contribution in [-0.4, -0.2) is 17.2 Å². The molecule has 1 aliphatic carbocycles. The van der Waals surface area contributed by atoms with E-state index in [2.05, 4.69) is 0 Å². The summed E-state index contributed by atoms with van der Waals surface area (Å²) in [6.45, 7) is 0.335. The molecule has 2 rings (SSSR count). The minimum atomic E-state index is -0.722. The maximum Gasteiger partial charge on any atom is 0.306 e. The molecule has 0 radical (unpaired) electrons. The van der Waals surface area contributed by atoms with Crippen LogP contribution in [0.15, 0.2) is 18.2 Å². The van der Waals surface area contributed by atoms with Crippen LogP contribution >= 0.6 is 11.6 Å². The molecule has 0 spiro atoms. The van der Waals surface area contributed by atoms with Gasteiger partial charge in [0.2, 0.25) is 0 Å². The standard InChI is InChI=1S/C14H16ClFO3/c15-13-7-11(16)4-1-10(13)8-19-12-5-2-9(3-6-12)14(17)18/h1,4,7,9,12H,2-3,5-6,8H2,(H,17,18). The number of benzene rings is 1. The number of hydrogen-bond acceptors (Lipinski definition) is 2. The maximum atomic E-state index is 12.9. The highest BCUT2D eigenvalue weighted by molar-refractivity contribution is 6.31. The Balaban J connectivity index is 1.82. The fourth-order valence-electron chi connectivity index (χ4n) is 2.32. The zero-order valence-electron chi connectivity index (χ0n) is 10.4. The lowest BCUT2D eigenvalue weighted by molar-refractivity contribution is -0.143. The van der Waals surface area contributed by atoms with Gasteiger partial charge in [0.1, 0.15) is 5.82 Å². The molecule has 0 amide bonds. The van der Waals surface area contributed by atoms with E-state index in [1.54, 1.807) is 6.07 Å². The minimum Gasteiger partial charge on any atom is -0.481 e. The number of carboxylic acids is 1. The van der Waals surface area contributed by atoms with E-state index in [9.17, 15) is 9.18 Å². The lowest BCUT2D eigenvalue weighted by atomic mass is 9.87. The Bertz CT molecular complexity index is 456. The summed E-state index contributed by atoms with van der Waals surface area (Å²) in [6, 6.07) is 4.23. The van der Waals surface area contributed by atoms with Crippen LogP contribution in [0.5, 0.6) is 0 Å². The van der Waals surface area contributed by atoms with E-state index in [1.807, 2.05) is 0 Å². The van der Waals surface area contributed by atoms with E-state index in [0.29, 0.717) is 24.5 Å². The van der Waals surface area contributed by atoms with Crippen LogP contribution < -0.4 is 0 Å². The van der Waals surface area contributed by atoms with Gasteiger partial charge in [-0.3, -0.25) is 4.79 Å². The van der Waals surface area contributed by atoms with Crippen molar-refractivity contribution in [1.29, 1.82) is 0 Å². The van der Waals surface area contributed by atoms with Crippen LogP contribution in [0.1, 0.15) is 31.2 Å². The Kier molecular flexibility index (Phi) is 4.77. The lowest BCUT2D eigenvalue weighted by Crippen LogP contribution is -2.25. The molecule has 0 aromatic heterocycles. The van der Waals surface area contributed by atoms with Crippen LogP contribution in [0.25, 0.3) is 0 Å². The van der Waals surface area contributed by atoms with Crippen molar-refractivity contribution >= 4 is 17.6 Å². The normalized spacial score (nSPS) is 23.3. The minimum absolute atomic E-state index is 0.0664. The third-order valence-electron chi connectivity index (χ3n) is 3.51. The van der Waals surface area contributed by atoms with Gasteiger partial charge < -0.3 is 9.84 Å². The van der Waals surface area contributed by atoms with Gasteiger partial charge in [-0.05, 0) is 43.4 Å². The number of hydrogen-bond donors (Lipinski definition) is 1. The van der Waals surface area contributed by atoms with Crippen LogP contribution in [0, 0.1) is 11.7 Å². The van der Waals surface area contributed by atoms with E-state index < -0.39 is 5.97 Å². The lowest BCUT2D eigenvalue weighted by Gasteiger charge is -2.26. The van der Waals surface area contributed by atoms with Crippen molar-refractivity contribution < 1.29 is 19.0 Å². The first-order chi connectivity index (χ1) is 9.06. The Morgan fingerprint density at radius 3 is 2.63 bits per heavy atom. The molecule has 0 heterocycles. The number of aliphatic carboxylic acids is 1. The summed E-state index contributed by atoms with van der Waals surface area (Å²) in [7, 11) is 0. The van der Waals surface area contributed by atoms with Crippen molar-refractivity contribution in [2.24, 2.45) is 5.92 Å². The fourth-order valence-corrected chi connectivity index (χ4v) is 2.54. The van der Waals surface area contributed by atoms with Gasteiger partial charge in [0.05, 0.1) is 18.6 Å². The molecule has 1 aliphatic rings. The first kappa shape index (κ1) is 14.3. The number of carboxylic acid groups (broad SMARTS) is 1. The van der Waals surface area contributed by atoms with Gasteiger partial charge in [0.25, 0.3) is 0 Å².